The molecule has 0 aliphatic rings. The zero-order valence-corrected chi connectivity index (χ0v) is 10.0. The van der Waals surface area contributed by atoms with Gasteiger partial charge >= 0.3 is 0 Å². The molecule has 1 rings (SSSR count). The Labute approximate surface area is 94.1 Å². The summed E-state index contributed by atoms with van der Waals surface area (Å²) in [6, 6.07) is 2.14. The van der Waals surface area contributed by atoms with Gasteiger partial charge in [0, 0.05) is 6.42 Å². The fourth-order valence-corrected chi connectivity index (χ4v) is 1.58. The lowest BCUT2D eigenvalue weighted by molar-refractivity contribution is 0.366. The summed E-state index contributed by atoms with van der Waals surface area (Å²) in [5.41, 5.74) is 0. The molecule has 1 aromatic heterocycles. The molecule has 0 aliphatic heterocycles. The summed E-state index contributed by atoms with van der Waals surface area (Å²) in [7, 11) is 0. The van der Waals surface area contributed by atoms with Gasteiger partial charge in [0.25, 0.3) is 0 Å². The van der Waals surface area contributed by atoms with Crippen LogP contribution in [0.3, 0.4) is 0 Å². The molecule has 0 amide bonds. The van der Waals surface area contributed by atoms with Crippen molar-refractivity contribution >= 4 is 11.8 Å². The highest BCUT2D eigenvalue weighted by molar-refractivity contribution is 7.99. The molecule has 1 unspecified atom stereocenters. The molecule has 0 radical (unpaired) electrons. The summed E-state index contributed by atoms with van der Waals surface area (Å²) in [6.07, 6.45) is 0.538. The van der Waals surface area contributed by atoms with E-state index < -0.39 is 0 Å². The summed E-state index contributed by atoms with van der Waals surface area (Å²) >= 11 is 1.77. The summed E-state index contributed by atoms with van der Waals surface area (Å²) < 4.78 is 5.04. The maximum atomic E-state index is 8.64. The van der Waals surface area contributed by atoms with Gasteiger partial charge in [0.15, 0.2) is 5.82 Å². The number of rotatable bonds is 5. The monoisotopic (exact) mass is 225 g/mol. The molecule has 0 aromatic carbocycles. The van der Waals surface area contributed by atoms with Gasteiger partial charge in [-0.3, -0.25) is 0 Å². The van der Waals surface area contributed by atoms with Crippen molar-refractivity contribution in [1.82, 2.24) is 10.1 Å². The molecular weight excluding hydrogens is 210 g/mol. The molecule has 0 fully saturated rings. The first-order valence-corrected chi connectivity index (χ1v) is 5.99. The Balaban J connectivity index is 2.46. The van der Waals surface area contributed by atoms with Gasteiger partial charge in [-0.2, -0.15) is 22.0 Å². The number of aromatic nitrogens is 2. The Morgan fingerprint density at radius 3 is 2.80 bits per heavy atom. The summed E-state index contributed by atoms with van der Waals surface area (Å²) in [5.74, 6) is 1.97. The second-order valence-electron chi connectivity index (χ2n) is 3.70. The van der Waals surface area contributed by atoms with Crippen LogP contribution in [0.2, 0.25) is 0 Å². The molecule has 1 aromatic rings. The molecule has 0 bridgehead atoms. The minimum atomic E-state index is -0.0731. The topological polar surface area (TPSA) is 62.7 Å². The highest BCUT2D eigenvalue weighted by atomic mass is 32.2. The third-order valence-corrected chi connectivity index (χ3v) is 2.85. The van der Waals surface area contributed by atoms with Crippen molar-refractivity contribution in [2.24, 2.45) is 5.92 Å². The number of nitrogens with zero attached hydrogens (tertiary/aromatic N) is 3. The second kappa shape index (κ2) is 5.76. The third-order valence-electron chi connectivity index (χ3n) is 1.76. The fraction of sp³-hybridized carbons (Fsp3) is 0.700. The van der Waals surface area contributed by atoms with Gasteiger partial charge in [-0.15, -0.1) is 0 Å². The Bertz CT molecular complexity index is 343. The average molecular weight is 225 g/mol. The first kappa shape index (κ1) is 12.1. The van der Waals surface area contributed by atoms with Crippen molar-refractivity contribution in [3.63, 3.8) is 0 Å². The minimum Gasteiger partial charge on any atom is -0.339 e. The van der Waals surface area contributed by atoms with Crippen molar-refractivity contribution in [3.05, 3.63) is 11.7 Å². The van der Waals surface area contributed by atoms with Crippen LogP contribution in [-0.4, -0.2) is 15.4 Å². The van der Waals surface area contributed by atoms with Crippen LogP contribution in [0, 0.1) is 17.2 Å². The van der Waals surface area contributed by atoms with Crippen molar-refractivity contribution < 1.29 is 4.52 Å². The van der Waals surface area contributed by atoms with Crippen molar-refractivity contribution in [3.8, 4) is 6.07 Å². The third kappa shape index (κ3) is 4.34. The van der Waals surface area contributed by atoms with Crippen LogP contribution in [0.1, 0.15) is 32.5 Å². The predicted molar refractivity (Wildman–Crippen MR) is 59.2 cm³/mol. The van der Waals surface area contributed by atoms with Gasteiger partial charge in [0.05, 0.1) is 17.7 Å². The molecule has 1 atom stereocenters. The predicted octanol–water partition coefficient (Wildman–Crippen LogP) is 2.41. The van der Waals surface area contributed by atoms with Crippen LogP contribution >= 0.6 is 11.8 Å². The largest absolute Gasteiger partial charge is 0.339 e. The first-order valence-electron chi connectivity index (χ1n) is 4.94. The number of hydrogen-bond donors (Lipinski definition) is 0. The zero-order chi connectivity index (χ0) is 11.3. The van der Waals surface area contributed by atoms with Gasteiger partial charge < -0.3 is 4.52 Å². The average Bonchev–Trinajstić information content (AvgIpc) is 2.62. The molecule has 82 valence electrons. The van der Waals surface area contributed by atoms with Crippen LogP contribution in [-0.2, 0) is 12.2 Å². The van der Waals surface area contributed by atoms with Gasteiger partial charge in [-0.25, -0.2) is 0 Å². The molecular formula is C10H15N3OS. The summed E-state index contributed by atoms with van der Waals surface area (Å²) in [6.45, 7) is 6.10. The molecule has 4 nitrogen and oxygen atoms in total. The lowest BCUT2D eigenvalue weighted by atomic mass is 10.1. The van der Waals surface area contributed by atoms with E-state index in [0.717, 1.165) is 5.75 Å². The van der Waals surface area contributed by atoms with E-state index in [4.69, 9.17) is 9.78 Å². The Hall–Kier alpha value is -1.02. The van der Waals surface area contributed by atoms with Gasteiger partial charge in [-0.05, 0) is 12.2 Å². The van der Waals surface area contributed by atoms with Crippen molar-refractivity contribution in [2.45, 2.75) is 38.2 Å². The highest BCUT2D eigenvalue weighted by Crippen LogP contribution is 2.15. The van der Waals surface area contributed by atoms with Crippen LogP contribution in [0.5, 0.6) is 0 Å². The van der Waals surface area contributed by atoms with E-state index in [2.05, 4.69) is 30.1 Å². The van der Waals surface area contributed by atoms with Crippen molar-refractivity contribution in [2.75, 3.05) is 0 Å². The number of nitriles is 1. The number of thioether (sulfide) groups is 1. The maximum Gasteiger partial charge on any atom is 0.227 e. The maximum absolute atomic E-state index is 8.64. The van der Waals surface area contributed by atoms with Crippen LogP contribution in [0.25, 0.3) is 0 Å². The lowest BCUT2D eigenvalue weighted by Crippen LogP contribution is -1.97. The molecule has 15 heavy (non-hydrogen) atoms. The van der Waals surface area contributed by atoms with Crippen LogP contribution in [0.4, 0.5) is 0 Å². The first-order chi connectivity index (χ1) is 7.11. The van der Waals surface area contributed by atoms with E-state index >= 15 is 0 Å². The van der Waals surface area contributed by atoms with Gasteiger partial charge in [-0.1, -0.05) is 19.0 Å². The van der Waals surface area contributed by atoms with Gasteiger partial charge in [0.1, 0.15) is 0 Å². The molecule has 0 aliphatic carbocycles. The lowest BCUT2D eigenvalue weighted by Gasteiger charge is -1.99. The van der Waals surface area contributed by atoms with Gasteiger partial charge in [0.2, 0.25) is 5.89 Å². The molecule has 1 heterocycles. The Morgan fingerprint density at radius 1 is 1.47 bits per heavy atom. The van der Waals surface area contributed by atoms with E-state index in [1.165, 1.54) is 0 Å². The van der Waals surface area contributed by atoms with Crippen LogP contribution in [0.15, 0.2) is 4.52 Å². The minimum absolute atomic E-state index is 0.0731. The van der Waals surface area contributed by atoms with E-state index in [-0.39, 0.29) is 5.92 Å². The van der Waals surface area contributed by atoms with E-state index in [0.29, 0.717) is 23.4 Å². The fourth-order valence-electron chi connectivity index (χ4n) is 0.980. The summed E-state index contributed by atoms with van der Waals surface area (Å²) in [5, 5.41) is 13.1. The molecule has 0 spiro atoms. The van der Waals surface area contributed by atoms with E-state index in [9.17, 15) is 0 Å². The van der Waals surface area contributed by atoms with Crippen molar-refractivity contribution in [1.29, 1.82) is 5.26 Å². The Morgan fingerprint density at radius 2 is 2.20 bits per heavy atom. The van der Waals surface area contributed by atoms with Crippen LogP contribution < -0.4 is 0 Å². The van der Waals surface area contributed by atoms with E-state index in [1.54, 1.807) is 11.8 Å². The summed E-state index contributed by atoms with van der Waals surface area (Å²) in [4.78, 5) is 4.22. The second-order valence-corrected chi connectivity index (χ2v) is 5.26. The van der Waals surface area contributed by atoms with E-state index in [1.807, 2.05) is 6.92 Å². The molecule has 0 saturated heterocycles. The smallest absolute Gasteiger partial charge is 0.227 e. The Kier molecular flexibility index (Phi) is 4.63. The standard InChI is InChI=1S/C10H15N3OS/c1-7(2)15-6-9-12-10(14-13-9)4-8(3)5-11/h7-8H,4,6H2,1-3H3. The molecule has 0 saturated carbocycles. The normalized spacial score (nSPS) is 12.7. The zero-order valence-electron chi connectivity index (χ0n) is 9.23. The SMILES string of the molecule is CC(C#N)Cc1nc(CSC(C)C)no1. The highest BCUT2D eigenvalue weighted by Gasteiger charge is 2.10. The molecule has 5 heteroatoms. The quantitative estimate of drug-likeness (QED) is 0.770. The molecule has 0 N–H and O–H groups in total. The number of hydrogen-bond acceptors (Lipinski definition) is 5.